The molecule has 0 saturated carbocycles. The Morgan fingerprint density at radius 1 is 0.833 bits per heavy atom. The minimum absolute atomic E-state index is 0.0813. The molecule has 0 bridgehead atoms. The number of amides is 1. The molecule has 0 fully saturated rings. The van der Waals surface area contributed by atoms with E-state index >= 15 is 0 Å². The maximum absolute atomic E-state index is 13.2. The number of benzene rings is 3. The highest BCUT2D eigenvalue weighted by Gasteiger charge is 2.19. The molecule has 1 amide bonds. The summed E-state index contributed by atoms with van der Waals surface area (Å²) in [6, 6.07) is 25.7. The zero-order chi connectivity index (χ0) is 25.5. The van der Waals surface area contributed by atoms with Crippen LogP contribution in [0.15, 0.2) is 72.8 Å². The fourth-order valence-electron chi connectivity index (χ4n) is 5.15. The van der Waals surface area contributed by atoms with Gasteiger partial charge in [-0.25, -0.2) is 0 Å². The number of nitrogens with one attached hydrogen (secondary N) is 1. The Bertz CT molecular complexity index is 1110. The van der Waals surface area contributed by atoms with Crippen molar-refractivity contribution in [1.82, 2.24) is 4.90 Å². The average Bonchev–Trinajstić information content (AvgIpc) is 2.89. The molecule has 4 rings (SSSR count). The quantitative estimate of drug-likeness (QED) is 0.343. The van der Waals surface area contributed by atoms with Gasteiger partial charge >= 0.3 is 0 Å². The van der Waals surface area contributed by atoms with Crippen LogP contribution in [0.25, 0.3) is 0 Å². The van der Waals surface area contributed by atoms with Crippen LogP contribution in [0.1, 0.15) is 68.2 Å². The first-order valence-corrected chi connectivity index (χ1v) is 13.4. The molecule has 0 radical (unpaired) electrons. The number of carbonyl (C=O) groups is 1. The SMILES string of the molecule is CC(C)c1cccc(C(C)C)c1NC(=O)CCN(CCN1CCc2ccccc2C1)c1ccccc1. The molecule has 0 spiro atoms. The Balaban J connectivity index is 1.41. The van der Waals surface area contributed by atoms with Gasteiger partial charge in [-0.05, 0) is 52.6 Å². The summed E-state index contributed by atoms with van der Waals surface area (Å²) in [7, 11) is 0. The molecule has 0 saturated heterocycles. The highest BCUT2D eigenvalue weighted by Crippen LogP contribution is 2.32. The van der Waals surface area contributed by atoms with Crippen molar-refractivity contribution in [3.63, 3.8) is 0 Å². The van der Waals surface area contributed by atoms with Crippen molar-refractivity contribution in [3.05, 3.63) is 95.1 Å². The van der Waals surface area contributed by atoms with Crippen LogP contribution in [0.5, 0.6) is 0 Å². The number of carbonyl (C=O) groups excluding carboxylic acids is 1. The molecule has 3 aromatic carbocycles. The van der Waals surface area contributed by atoms with Gasteiger partial charge in [-0.3, -0.25) is 9.69 Å². The van der Waals surface area contributed by atoms with Crippen LogP contribution >= 0.6 is 0 Å². The van der Waals surface area contributed by atoms with Crippen LogP contribution < -0.4 is 10.2 Å². The maximum atomic E-state index is 13.2. The van der Waals surface area contributed by atoms with Gasteiger partial charge in [-0.2, -0.15) is 0 Å². The lowest BCUT2D eigenvalue weighted by atomic mass is 9.92. The van der Waals surface area contributed by atoms with E-state index in [1.165, 1.54) is 27.9 Å². The van der Waals surface area contributed by atoms with E-state index < -0.39 is 0 Å². The topological polar surface area (TPSA) is 35.6 Å². The van der Waals surface area contributed by atoms with Gasteiger partial charge in [0.2, 0.25) is 5.91 Å². The summed E-state index contributed by atoms with van der Waals surface area (Å²) < 4.78 is 0. The summed E-state index contributed by atoms with van der Waals surface area (Å²) in [5.41, 5.74) is 7.52. The third-order valence-electron chi connectivity index (χ3n) is 7.26. The van der Waals surface area contributed by atoms with Crippen molar-refractivity contribution in [1.29, 1.82) is 0 Å². The minimum atomic E-state index is 0.0813. The number of anilines is 2. The third-order valence-corrected chi connectivity index (χ3v) is 7.26. The number of fused-ring (bicyclic) bond motifs is 1. The van der Waals surface area contributed by atoms with E-state index in [0.29, 0.717) is 24.8 Å². The largest absolute Gasteiger partial charge is 0.370 e. The van der Waals surface area contributed by atoms with Crippen molar-refractivity contribution >= 4 is 17.3 Å². The van der Waals surface area contributed by atoms with Gasteiger partial charge in [0.1, 0.15) is 0 Å². The molecule has 1 N–H and O–H groups in total. The summed E-state index contributed by atoms with van der Waals surface area (Å²) in [6.07, 6.45) is 1.57. The predicted molar refractivity (Wildman–Crippen MR) is 152 cm³/mol. The lowest BCUT2D eigenvalue weighted by molar-refractivity contribution is -0.116. The van der Waals surface area contributed by atoms with E-state index in [-0.39, 0.29) is 5.91 Å². The molecule has 1 aliphatic heterocycles. The Hall–Kier alpha value is -3.11. The summed E-state index contributed by atoms with van der Waals surface area (Å²) in [5.74, 6) is 0.793. The second-order valence-electron chi connectivity index (χ2n) is 10.5. The van der Waals surface area contributed by atoms with Gasteiger partial charge in [0.15, 0.2) is 0 Å². The van der Waals surface area contributed by atoms with Crippen molar-refractivity contribution in [2.45, 2.75) is 58.9 Å². The summed E-state index contributed by atoms with van der Waals surface area (Å²) in [4.78, 5) is 18.1. The molecule has 0 unspecified atom stereocenters. The van der Waals surface area contributed by atoms with Gasteiger partial charge in [0.25, 0.3) is 0 Å². The molecule has 4 heteroatoms. The van der Waals surface area contributed by atoms with Crippen LogP contribution in [-0.4, -0.2) is 37.0 Å². The molecule has 0 aliphatic carbocycles. The van der Waals surface area contributed by atoms with Gasteiger partial charge in [-0.15, -0.1) is 0 Å². The lowest BCUT2D eigenvalue weighted by Crippen LogP contribution is -2.39. The summed E-state index contributed by atoms with van der Waals surface area (Å²) >= 11 is 0. The van der Waals surface area contributed by atoms with E-state index in [9.17, 15) is 4.79 Å². The van der Waals surface area contributed by atoms with Gasteiger partial charge in [0, 0.05) is 50.5 Å². The Kier molecular flexibility index (Phi) is 8.82. The number of rotatable bonds is 10. The molecule has 4 nitrogen and oxygen atoms in total. The standard InChI is InChI=1S/C32H41N3O/c1-24(2)29-15-10-16-30(25(3)4)32(29)33-31(36)18-20-35(28-13-6-5-7-14-28)22-21-34-19-17-26-11-8-9-12-27(26)23-34/h5-16,24-25H,17-23H2,1-4H3,(H,33,36). The van der Waals surface area contributed by atoms with Crippen molar-refractivity contribution in [3.8, 4) is 0 Å². The summed E-state index contributed by atoms with van der Waals surface area (Å²) in [6.45, 7) is 13.4. The molecule has 1 heterocycles. The first-order chi connectivity index (χ1) is 17.4. The van der Waals surface area contributed by atoms with Crippen LogP contribution in [-0.2, 0) is 17.8 Å². The van der Waals surface area contributed by atoms with Gasteiger partial charge in [-0.1, -0.05) is 88.4 Å². The second kappa shape index (κ2) is 12.2. The fourth-order valence-corrected chi connectivity index (χ4v) is 5.15. The van der Waals surface area contributed by atoms with Crippen LogP contribution in [0.2, 0.25) is 0 Å². The number of hydrogen-bond acceptors (Lipinski definition) is 3. The maximum Gasteiger partial charge on any atom is 0.226 e. The highest BCUT2D eigenvalue weighted by atomic mass is 16.1. The van der Waals surface area contributed by atoms with Crippen molar-refractivity contribution < 1.29 is 4.79 Å². The zero-order valence-electron chi connectivity index (χ0n) is 22.3. The van der Waals surface area contributed by atoms with E-state index in [1.807, 2.05) is 6.07 Å². The highest BCUT2D eigenvalue weighted by molar-refractivity contribution is 5.93. The molecule has 3 aromatic rings. The molecule has 36 heavy (non-hydrogen) atoms. The van der Waals surface area contributed by atoms with Crippen LogP contribution in [0, 0.1) is 0 Å². The monoisotopic (exact) mass is 483 g/mol. The first-order valence-electron chi connectivity index (χ1n) is 13.4. The van der Waals surface area contributed by atoms with Crippen LogP contribution in [0.3, 0.4) is 0 Å². The third kappa shape index (κ3) is 6.55. The fraction of sp³-hybridized carbons (Fsp3) is 0.406. The summed E-state index contributed by atoms with van der Waals surface area (Å²) in [5, 5.41) is 3.29. The van der Waals surface area contributed by atoms with Crippen molar-refractivity contribution in [2.75, 3.05) is 36.4 Å². The molecule has 0 atom stereocenters. The second-order valence-corrected chi connectivity index (χ2v) is 10.5. The number of nitrogens with zero attached hydrogens (tertiary/aromatic N) is 2. The number of para-hydroxylation sites is 2. The predicted octanol–water partition coefficient (Wildman–Crippen LogP) is 6.83. The molecular formula is C32H41N3O. The van der Waals surface area contributed by atoms with Crippen LogP contribution in [0.4, 0.5) is 11.4 Å². The van der Waals surface area contributed by atoms with E-state index in [4.69, 9.17) is 0 Å². The first kappa shape index (κ1) is 26.0. The normalized spacial score (nSPS) is 13.6. The molecule has 0 aromatic heterocycles. The Morgan fingerprint density at radius 3 is 2.14 bits per heavy atom. The Morgan fingerprint density at radius 2 is 1.47 bits per heavy atom. The molecular weight excluding hydrogens is 442 g/mol. The number of hydrogen-bond donors (Lipinski definition) is 1. The van der Waals surface area contributed by atoms with E-state index in [0.717, 1.165) is 38.3 Å². The smallest absolute Gasteiger partial charge is 0.226 e. The van der Waals surface area contributed by atoms with Gasteiger partial charge in [0.05, 0.1) is 0 Å². The molecule has 190 valence electrons. The average molecular weight is 484 g/mol. The lowest BCUT2D eigenvalue weighted by Gasteiger charge is -2.32. The van der Waals surface area contributed by atoms with Crippen molar-refractivity contribution in [2.24, 2.45) is 0 Å². The minimum Gasteiger partial charge on any atom is -0.370 e. The van der Waals surface area contributed by atoms with Gasteiger partial charge < -0.3 is 10.2 Å². The molecule has 1 aliphatic rings. The van der Waals surface area contributed by atoms with E-state index in [1.54, 1.807) is 0 Å². The Labute approximate surface area is 217 Å². The zero-order valence-corrected chi connectivity index (χ0v) is 22.3. The van der Waals surface area contributed by atoms with E-state index in [2.05, 4.69) is 110 Å².